The molecule has 1 unspecified atom stereocenters. The average molecular weight is 286 g/mol. The summed E-state index contributed by atoms with van der Waals surface area (Å²) in [6, 6.07) is 0. The number of aliphatic carboxylic acids is 2. The van der Waals surface area contributed by atoms with E-state index >= 15 is 0 Å². The molecule has 0 radical (unpaired) electrons. The highest BCUT2D eigenvalue weighted by atomic mass is 16.5. The molecule has 1 atom stereocenters. The molecule has 0 aromatic rings. The van der Waals surface area contributed by atoms with Crippen LogP contribution in [0.4, 0.5) is 0 Å². The summed E-state index contributed by atoms with van der Waals surface area (Å²) in [5.74, 6) is -4.83. The third kappa shape index (κ3) is 7.56. The zero-order chi connectivity index (χ0) is 15.5. The van der Waals surface area contributed by atoms with Gasteiger partial charge in [-0.05, 0) is 6.42 Å². The van der Waals surface area contributed by atoms with Gasteiger partial charge in [0.25, 0.3) is 0 Å². The van der Waals surface area contributed by atoms with Gasteiger partial charge in [0.05, 0.1) is 18.9 Å². The van der Waals surface area contributed by atoms with Crippen LogP contribution in [0.15, 0.2) is 12.2 Å². The van der Waals surface area contributed by atoms with Crippen LogP contribution in [0.25, 0.3) is 0 Å². The quantitative estimate of drug-likeness (QED) is 0.343. The molecular formula is C14H22O6. The van der Waals surface area contributed by atoms with Crippen molar-refractivity contribution in [3.05, 3.63) is 12.2 Å². The lowest BCUT2D eigenvalue weighted by Gasteiger charge is -2.14. The molecule has 6 heteroatoms. The molecule has 0 aliphatic rings. The minimum atomic E-state index is -1.39. The van der Waals surface area contributed by atoms with E-state index in [1.54, 1.807) is 0 Å². The summed E-state index contributed by atoms with van der Waals surface area (Å²) >= 11 is 0. The molecule has 0 aromatic heterocycles. The monoisotopic (exact) mass is 286 g/mol. The number of esters is 1. The first-order valence-electron chi connectivity index (χ1n) is 6.70. The standard InChI is InChI=1S/C14H22O6/c1-3-4-5-6-7-8-20-14(19)11(9-12(15)16)10(2)13(17)18/h11H,2-9H2,1H3,(H,15,16)(H,17,18). The Morgan fingerprint density at radius 1 is 1.10 bits per heavy atom. The molecular weight excluding hydrogens is 264 g/mol. The summed E-state index contributed by atoms with van der Waals surface area (Å²) < 4.78 is 4.93. The lowest BCUT2D eigenvalue weighted by Crippen LogP contribution is -2.26. The van der Waals surface area contributed by atoms with Gasteiger partial charge in [0.1, 0.15) is 0 Å². The SMILES string of the molecule is C=C(C(=O)O)C(CC(=O)O)C(=O)OCCCCCCC. The van der Waals surface area contributed by atoms with Crippen molar-refractivity contribution in [2.75, 3.05) is 6.61 Å². The van der Waals surface area contributed by atoms with Gasteiger partial charge in [0, 0.05) is 5.57 Å². The van der Waals surface area contributed by atoms with E-state index in [-0.39, 0.29) is 6.61 Å². The maximum absolute atomic E-state index is 11.7. The number of hydrogen-bond donors (Lipinski definition) is 2. The minimum absolute atomic E-state index is 0.172. The predicted octanol–water partition coefficient (Wildman–Crippen LogP) is 2.23. The second-order valence-electron chi connectivity index (χ2n) is 4.56. The number of unbranched alkanes of at least 4 members (excludes halogenated alkanes) is 4. The number of carboxylic acids is 2. The number of ether oxygens (including phenoxy) is 1. The molecule has 0 heterocycles. The number of rotatable bonds is 11. The first-order chi connectivity index (χ1) is 9.40. The van der Waals surface area contributed by atoms with Crippen LogP contribution in [0, 0.1) is 5.92 Å². The largest absolute Gasteiger partial charge is 0.481 e. The van der Waals surface area contributed by atoms with E-state index < -0.39 is 35.8 Å². The smallest absolute Gasteiger partial charge is 0.331 e. The fourth-order valence-corrected chi connectivity index (χ4v) is 1.65. The van der Waals surface area contributed by atoms with Crippen molar-refractivity contribution in [3.8, 4) is 0 Å². The van der Waals surface area contributed by atoms with Gasteiger partial charge in [-0.3, -0.25) is 9.59 Å². The van der Waals surface area contributed by atoms with E-state index in [9.17, 15) is 14.4 Å². The number of hydrogen-bond acceptors (Lipinski definition) is 4. The Bertz CT molecular complexity index is 361. The molecule has 0 rings (SSSR count). The molecule has 2 N–H and O–H groups in total. The highest BCUT2D eigenvalue weighted by Crippen LogP contribution is 2.16. The number of carbonyl (C=O) groups excluding carboxylic acids is 1. The maximum Gasteiger partial charge on any atom is 0.331 e. The third-order valence-electron chi connectivity index (χ3n) is 2.85. The molecule has 0 aliphatic carbocycles. The molecule has 0 saturated heterocycles. The highest BCUT2D eigenvalue weighted by Gasteiger charge is 2.29. The van der Waals surface area contributed by atoms with Crippen LogP contribution in [0.1, 0.15) is 45.4 Å². The first-order valence-corrected chi connectivity index (χ1v) is 6.70. The van der Waals surface area contributed by atoms with Crippen molar-refractivity contribution in [2.24, 2.45) is 5.92 Å². The summed E-state index contributed by atoms with van der Waals surface area (Å²) in [5.41, 5.74) is -0.455. The average Bonchev–Trinajstić information content (AvgIpc) is 2.38. The molecule has 0 fully saturated rings. The van der Waals surface area contributed by atoms with Crippen molar-refractivity contribution in [1.29, 1.82) is 0 Å². The zero-order valence-electron chi connectivity index (χ0n) is 11.8. The molecule has 0 amide bonds. The fraction of sp³-hybridized carbons (Fsp3) is 0.643. The van der Waals surface area contributed by atoms with Crippen molar-refractivity contribution in [3.63, 3.8) is 0 Å². The van der Waals surface area contributed by atoms with E-state index in [0.717, 1.165) is 25.7 Å². The number of carbonyl (C=O) groups is 3. The van der Waals surface area contributed by atoms with Gasteiger partial charge in [-0.2, -0.15) is 0 Å². The van der Waals surface area contributed by atoms with Crippen molar-refractivity contribution in [2.45, 2.75) is 45.4 Å². The lowest BCUT2D eigenvalue weighted by molar-refractivity contribution is -0.153. The van der Waals surface area contributed by atoms with E-state index in [2.05, 4.69) is 13.5 Å². The molecule has 0 aromatic carbocycles. The third-order valence-corrected chi connectivity index (χ3v) is 2.85. The van der Waals surface area contributed by atoms with Gasteiger partial charge in [0.2, 0.25) is 0 Å². The molecule has 0 aliphatic heterocycles. The Morgan fingerprint density at radius 2 is 1.70 bits per heavy atom. The summed E-state index contributed by atoms with van der Waals surface area (Å²) in [6.45, 7) is 5.50. The van der Waals surface area contributed by atoms with Crippen molar-refractivity contribution < 1.29 is 29.3 Å². The van der Waals surface area contributed by atoms with Gasteiger partial charge in [-0.25, -0.2) is 4.79 Å². The predicted molar refractivity (Wildman–Crippen MR) is 72.2 cm³/mol. The Balaban J connectivity index is 4.24. The van der Waals surface area contributed by atoms with Gasteiger partial charge in [-0.1, -0.05) is 39.2 Å². The van der Waals surface area contributed by atoms with E-state index in [1.165, 1.54) is 0 Å². The van der Waals surface area contributed by atoms with Crippen molar-refractivity contribution >= 4 is 17.9 Å². The van der Waals surface area contributed by atoms with E-state index in [0.29, 0.717) is 6.42 Å². The van der Waals surface area contributed by atoms with Gasteiger partial charge >= 0.3 is 17.9 Å². The first kappa shape index (κ1) is 18.1. The topological polar surface area (TPSA) is 101 Å². The summed E-state index contributed by atoms with van der Waals surface area (Å²) in [5, 5.41) is 17.5. The van der Waals surface area contributed by atoms with Crippen molar-refractivity contribution in [1.82, 2.24) is 0 Å². The van der Waals surface area contributed by atoms with Crippen LogP contribution in [0.5, 0.6) is 0 Å². The normalized spacial score (nSPS) is 11.7. The van der Waals surface area contributed by atoms with Gasteiger partial charge in [-0.15, -0.1) is 0 Å². The molecule has 20 heavy (non-hydrogen) atoms. The zero-order valence-corrected chi connectivity index (χ0v) is 11.8. The second-order valence-corrected chi connectivity index (χ2v) is 4.56. The number of carboxylic acid groups (broad SMARTS) is 2. The van der Waals surface area contributed by atoms with Crippen LogP contribution < -0.4 is 0 Å². The molecule has 0 spiro atoms. The molecule has 114 valence electrons. The van der Waals surface area contributed by atoms with Crippen LogP contribution in [-0.2, 0) is 19.1 Å². The Kier molecular flexibility index (Phi) is 9.07. The Morgan fingerprint density at radius 3 is 2.20 bits per heavy atom. The molecule has 0 bridgehead atoms. The minimum Gasteiger partial charge on any atom is -0.481 e. The fourth-order valence-electron chi connectivity index (χ4n) is 1.65. The second kappa shape index (κ2) is 10.00. The van der Waals surface area contributed by atoms with E-state index in [1.807, 2.05) is 0 Å². The van der Waals surface area contributed by atoms with Crippen LogP contribution >= 0.6 is 0 Å². The maximum atomic E-state index is 11.7. The molecule has 0 saturated carbocycles. The van der Waals surface area contributed by atoms with Crippen LogP contribution in [-0.4, -0.2) is 34.7 Å². The molecule has 6 nitrogen and oxygen atoms in total. The van der Waals surface area contributed by atoms with Crippen LogP contribution in [0.2, 0.25) is 0 Å². The van der Waals surface area contributed by atoms with Crippen LogP contribution in [0.3, 0.4) is 0 Å². The van der Waals surface area contributed by atoms with E-state index in [4.69, 9.17) is 14.9 Å². The summed E-state index contributed by atoms with van der Waals surface area (Å²) in [6.07, 6.45) is 4.26. The Labute approximate surface area is 118 Å². The van der Waals surface area contributed by atoms with Gasteiger partial charge in [0.15, 0.2) is 0 Å². The summed E-state index contributed by atoms with van der Waals surface area (Å²) in [7, 11) is 0. The van der Waals surface area contributed by atoms with Gasteiger partial charge < -0.3 is 14.9 Å². The summed E-state index contributed by atoms with van der Waals surface area (Å²) in [4.78, 5) is 33.1. The highest BCUT2D eigenvalue weighted by molar-refractivity contribution is 5.95. The Hall–Kier alpha value is -1.85. The lowest BCUT2D eigenvalue weighted by atomic mass is 9.97.